The molecule has 0 aromatic heterocycles. The van der Waals surface area contributed by atoms with Crippen LogP contribution in [0.15, 0.2) is 60.7 Å². The maximum Gasteiger partial charge on any atom is 0.204 e. The summed E-state index contributed by atoms with van der Waals surface area (Å²) in [7, 11) is 8.67. The average Bonchev–Trinajstić information content (AvgIpc) is 3.87. The zero-order chi connectivity index (χ0) is 41.7. The number of ether oxygens (including phenoxy) is 10. The van der Waals surface area contributed by atoms with Gasteiger partial charge in [-0.3, -0.25) is 0 Å². The van der Waals surface area contributed by atoms with Gasteiger partial charge in [-0.05, 0) is 70.8 Å². The van der Waals surface area contributed by atoms with E-state index in [1.54, 1.807) is 30.3 Å². The van der Waals surface area contributed by atoms with E-state index < -0.39 is 49.8 Å². The molecule has 2 aliphatic rings. The lowest BCUT2D eigenvalue weighted by molar-refractivity contribution is -0.00205. The minimum absolute atomic E-state index is 0.0922. The normalized spacial score (nSPS) is 20.7. The molecule has 0 radical (unpaired) electrons. The molecule has 2 aliphatic heterocycles. The fraction of sp³-hybridized carbons (Fsp3) is 0.429. The SMILES string of the molecule is COc1ccc([C@@H](O)[C@H](CO)Oc2c(OC)cc([C@@H]3OC[C@@H]4[C@H]3CO[C@H]4c3cc(OC)c(O[C@H](CO)[C@H](O)c4ccc(O)c(OC)c4)c(OC)c3)cc2OC)cc1O. The van der Waals surface area contributed by atoms with Crippen LogP contribution in [0.2, 0.25) is 0 Å². The topological polar surface area (TPSA) is 214 Å². The molecule has 0 amide bonds. The van der Waals surface area contributed by atoms with Crippen LogP contribution in [0.1, 0.15) is 46.7 Å². The quantitative estimate of drug-likeness (QED) is 0.0832. The van der Waals surface area contributed by atoms with Gasteiger partial charge in [0, 0.05) is 11.8 Å². The van der Waals surface area contributed by atoms with Crippen LogP contribution in [-0.4, -0.2) is 112 Å². The van der Waals surface area contributed by atoms with E-state index in [4.69, 9.17) is 47.4 Å². The van der Waals surface area contributed by atoms with Crippen LogP contribution in [0.5, 0.6) is 57.5 Å². The van der Waals surface area contributed by atoms with Crippen LogP contribution in [-0.2, 0) is 9.47 Å². The van der Waals surface area contributed by atoms with Gasteiger partial charge in [0.1, 0.15) is 12.2 Å². The average molecular weight is 811 g/mol. The molecule has 0 unspecified atom stereocenters. The molecule has 16 heteroatoms. The first kappa shape index (κ1) is 42.3. The first-order valence-electron chi connectivity index (χ1n) is 18.4. The Morgan fingerprint density at radius 3 is 1.29 bits per heavy atom. The molecular weight excluding hydrogens is 760 g/mol. The highest BCUT2D eigenvalue weighted by atomic mass is 16.6. The van der Waals surface area contributed by atoms with E-state index in [0.29, 0.717) is 24.3 Å². The first-order valence-corrected chi connectivity index (χ1v) is 18.4. The smallest absolute Gasteiger partial charge is 0.204 e. The van der Waals surface area contributed by atoms with Crippen molar-refractivity contribution in [3.63, 3.8) is 0 Å². The van der Waals surface area contributed by atoms with Gasteiger partial charge < -0.3 is 78.0 Å². The van der Waals surface area contributed by atoms with Crippen LogP contribution >= 0.6 is 0 Å². The van der Waals surface area contributed by atoms with Crippen LogP contribution in [0, 0.1) is 11.8 Å². The number of aliphatic hydroxyl groups is 4. The molecule has 4 aromatic carbocycles. The Kier molecular flexibility index (Phi) is 13.5. The predicted molar refractivity (Wildman–Crippen MR) is 206 cm³/mol. The van der Waals surface area contributed by atoms with Gasteiger partial charge in [-0.1, -0.05) is 12.1 Å². The van der Waals surface area contributed by atoms with Crippen LogP contribution < -0.4 is 37.9 Å². The summed E-state index contributed by atoms with van der Waals surface area (Å²) in [6, 6.07) is 15.8. The number of phenols is 2. The van der Waals surface area contributed by atoms with Crippen molar-refractivity contribution in [2.45, 2.75) is 36.6 Å². The fourth-order valence-corrected chi connectivity index (χ4v) is 7.50. The predicted octanol–water partition coefficient (Wildman–Crippen LogP) is 4.17. The molecule has 314 valence electrons. The summed E-state index contributed by atoms with van der Waals surface area (Å²) in [4.78, 5) is 0. The third kappa shape index (κ3) is 8.30. The van der Waals surface area contributed by atoms with Gasteiger partial charge in [0.2, 0.25) is 11.5 Å². The van der Waals surface area contributed by atoms with Crippen LogP contribution in [0.25, 0.3) is 0 Å². The molecule has 8 atom stereocenters. The number of aliphatic hydroxyl groups excluding tert-OH is 4. The van der Waals surface area contributed by atoms with E-state index in [1.165, 1.54) is 73.0 Å². The molecule has 0 bridgehead atoms. The Labute approximate surface area is 335 Å². The number of phenolic OH excluding ortho intramolecular Hbond substituents is 2. The molecule has 0 spiro atoms. The highest BCUT2D eigenvalue weighted by Gasteiger charge is 2.49. The zero-order valence-corrected chi connectivity index (χ0v) is 33.0. The Morgan fingerprint density at radius 1 is 0.517 bits per heavy atom. The minimum Gasteiger partial charge on any atom is -0.504 e. The van der Waals surface area contributed by atoms with Crippen molar-refractivity contribution in [1.82, 2.24) is 0 Å². The number of hydrogen-bond donors (Lipinski definition) is 6. The molecule has 2 saturated heterocycles. The summed E-state index contributed by atoms with van der Waals surface area (Å²) < 4.78 is 58.3. The molecule has 4 aromatic rings. The Morgan fingerprint density at radius 2 is 0.914 bits per heavy atom. The third-order valence-corrected chi connectivity index (χ3v) is 10.6. The molecule has 0 saturated carbocycles. The van der Waals surface area contributed by atoms with Crippen molar-refractivity contribution in [3.8, 4) is 57.5 Å². The molecule has 16 nitrogen and oxygen atoms in total. The standard InChI is InChI=1S/C42H50O16/c1-49-29-10-8-21(11-28(29)46)37(47)35(17-43)57-41-31(51-3)13-23(14-32(41)52-4)39-25-19-56-40(26(25)20-55-39)24-15-33(53-5)42(34(16-24)54-6)58-36(18-44)38(48)22-7-9-27(45)30(12-22)50-2/h7-16,25-26,35-40,43-48H,17-20H2,1-6H3/t25-,26-,35+,36-,37-,38-,39+,40+/m1/s1. The largest absolute Gasteiger partial charge is 0.504 e. The van der Waals surface area contributed by atoms with Crippen molar-refractivity contribution in [2.24, 2.45) is 11.8 Å². The number of aromatic hydroxyl groups is 2. The lowest BCUT2D eigenvalue weighted by Crippen LogP contribution is -2.29. The fourth-order valence-electron chi connectivity index (χ4n) is 7.50. The molecule has 2 fully saturated rings. The summed E-state index contributed by atoms with van der Waals surface area (Å²) in [6.07, 6.45) is -5.80. The zero-order valence-electron chi connectivity index (χ0n) is 33.0. The Balaban J connectivity index is 1.22. The molecular formula is C42H50O16. The minimum atomic E-state index is -1.34. The number of benzene rings is 4. The second-order valence-electron chi connectivity index (χ2n) is 13.8. The van der Waals surface area contributed by atoms with Gasteiger partial charge in [0.05, 0.1) is 81.3 Å². The number of rotatable bonds is 18. The van der Waals surface area contributed by atoms with Crippen molar-refractivity contribution in [2.75, 3.05) is 69.1 Å². The number of hydrogen-bond acceptors (Lipinski definition) is 16. The molecule has 0 aliphatic carbocycles. The van der Waals surface area contributed by atoms with Crippen LogP contribution in [0.3, 0.4) is 0 Å². The van der Waals surface area contributed by atoms with Crippen molar-refractivity contribution in [3.05, 3.63) is 82.9 Å². The summed E-state index contributed by atoms with van der Waals surface area (Å²) in [6.45, 7) is -0.422. The van der Waals surface area contributed by atoms with Crippen LogP contribution in [0.4, 0.5) is 0 Å². The third-order valence-electron chi connectivity index (χ3n) is 10.6. The summed E-state index contributed by atoms with van der Waals surface area (Å²) in [5.74, 6) is 1.36. The van der Waals surface area contributed by atoms with Crippen molar-refractivity contribution in [1.29, 1.82) is 0 Å². The monoisotopic (exact) mass is 810 g/mol. The van der Waals surface area contributed by atoms with Gasteiger partial charge in [-0.15, -0.1) is 0 Å². The van der Waals surface area contributed by atoms with Gasteiger partial charge in [0.15, 0.2) is 58.2 Å². The van der Waals surface area contributed by atoms with Gasteiger partial charge >= 0.3 is 0 Å². The first-order chi connectivity index (χ1) is 28.0. The van der Waals surface area contributed by atoms with E-state index in [-0.39, 0.29) is 69.3 Å². The number of methoxy groups -OCH3 is 6. The second-order valence-corrected chi connectivity index (χ2v) is 13.8. The summed E-state index contributed by atoms with van der Waals surface area (Å²) in [5.41, 5.74) is 2.12. The maximum absolute atomic E-state index is 11.2. The summed E-state index contributed by atoms with van der Waals surface area (Å²) >= 11 is 0. The highest BCUT2D eigenvalue weighted by Crippen LogP contribution is 2.54. The Bertz CT molecular complexity index is 1970. The molecule has 58 heavy (non-hydrogen) atoms. The van der Waals surface area contributed by atoms with E-state index >= 15 is 0 Å². The van der Waals surface area contributed by atoms with Crippen molar-refractivity contribution < 1.29 is 78.0 Å². The highest BCUT2D eigenvalue weighted by molar-refractivity contribution is 5.56. The molecule has 2 heterocycles. The van der Waals surface area contributed by atoms with E-state index in [2.05, 4.69) is 0 Å². The molecule has 6 N–H and O–H groups in total. The summed E-state index contributed by atoms with van der Waals surface area (Å²) in [5, 5.41) is 63.0. The van der Waals surface area contributed by atoms with Gasteiger partial charge in [-0.2, -0.15) is 0 Å². The maximum atomic E-state index is 11.2. The van der Waals surface area contributed by atoms with E-state index in [9.17, 15) is 30.6 Å². The van der Waals surface area contributed by atoms with Gasteiger partial charge in [0.25, 0.3) is 0 Å². The lowest BCUT2D eigenvalue weighted by atomic mass is 9.84. The second kappa shape index (κ2) is 18.5. The lowest BCUT2D eigenvalue weighted by Gasteiger charge is -2.26. The van der Waals surface area contributed by atoms with E-state index in [0.717, 1.165) is 11.1 Å². The van der Waals surface area contributed by atoms with Gasteiger partial charge in [-0.25, -0.2) is 0 Å². The van der Waals surface area contributed by atoms with E-state index in [1.807, 2.05) is 0 Å². The number of fused-ring (bicyclic) bond motifs is 1. The molecule has 6 rings (SSSR count). The van der Waals surface area contributed by atoms with Crippen molar-refractivity contribution >= 4 is 0 Å². The Hall–Kier alpha value is -5.36.